The summed E-state index contributed by atoms with van der Waals surface area (Å²) in [5.41, 5.74) is 0.752. The molecule has 1 amide bonds. The zero-order valence-corrected chi connectivity index (χ0v) is 17.7. The van der Waals surface area contributed by atoms with Crippen LogP contribution in [0.1, 0.15) is 70.0 Å². The lowest BCUT2D eigenvalue weighted by atomic mass is 10.0. The fraction of sp³-hybridized carbons (Fsp3) is 0.696. The Morgan fingerprint density at radius 2 is 1.83 bits per heavy atom. The molecule has 0 saturated carbocycles. The highest BCUT2D eigenvalue weighted by Gasteiger charge is 2.27. The van der Waals surface area contributed by atoms with Crippen LogP contribution in [0.5, 0.6) is 11.5 Å². The van der Waals surface area contributed by atoms with Gasteiger partial charge in [-0.2, -0.15) is 0 Å². The summed E-state index contributed by atoms with van der Waals surface area (Å²) in [6.45, 7) is 5.96. The first-order valence-corrected chi connectivity index (χ1v) is 11.3. The summed E-state index contributed by atoms with van der Waals surface area (Å²) in [6.07, 6.45) is 7.69. The third kappa shape index (κ3) is 6.61. The number of benzene rings is 1. The minimum atomic E-state index is -0.782. The van der Waals surface area contributed by atoms with Crippen molar-refractivity contribution in [3.05, 3.63) is 23.8 Å². The largest absolute Gasteiger partial charge is 0.486 e. The molecule has 2 atom stereocenters. The second kappa shape index (κ2) is 11.4. The van der Waals surface area contributed by atoms with E-state index in [0.29, 0.717) is 37.7 Å². The number of fused-ring (bicyclic) bond motifs is 1. The van der Waals surface area contributed by atoms with E-state index in [9.17, 15) is 9.90 Å². The van der Waals surface area contributed by atoms with Crippen molar-refractivity contribution >= 4 is 5.91 Å². The molecule has 6 heteroatoms. The number of likely N-dealkylation sites (tertiary alicyclic amines) is 1. The van der Waals surface area contributed by atoms with Crippen molar-refractivity contribution in [2.45, 2.75) is 70.4 Å². The highest BCUT2D eigenvalue weighted by atomic mass is 16.6. The molecular formula is C23H36N2O4. The van der Waals surface area contributed by atoms with E-state index in [-0.39, 0.29) is 11.9 Å². The highest BCUT2D eigenvalue weighted by molar-refractivity contribution is 5.76. The second-order valence-electron chi connectivity index (χ2n) is 8.19. The van der Waals surface area contributed by atoms with Gasteiger partial charge in [0.2, 0.25) is 5.91 Å². The maximum Gasteiger partial charge on any atom is 0.220 e. The Hall–Kier alpha value is -1.79. The third-order valence-electron chi connectivity index (χ3n) is 5.80. The Kier molecular flexibility index (Phi) is 8.62. The Morgan fingerprint density at radius 1 is 1.10 bits per heavy atom. The molecule has 6 nitrogen and oxygen atoms in total. The molecular weight excluding hydrogens is 368 g/mol. The summed E-state index contributed by atoms with van der Waals surface area (Å²) in [5.74, 6) is 1.40. The SMILES string of the molecule is CCCCCCCC(=O)N[C@H](CN1CCCC1)[C@H](O)c1ccc2c(c1)OCCO2. The van der Waals surface area contributed by atoms with Gasteiger partial charge in [-0.15, -0.1) is 0 Å². The number of aliphatic hydroxyl groups excluding tert-OH is 1. The summed E-state index contributed by atoms with van der Waals surface area (Å²) in [4.78, 5) is 14.9. The Morgan fingerprint density at radius 3 is 2.59 bits per heavy atom. The van der Waals surface area contributed by atoms with Gasteiger partial charge in [-0.25, -0.2) is 0 Å². The Bertz CT molecular complexity index is 646. The topological polar surface area (TPSA) is 71.0 Å². The van der Waals surface area contributed by atoms with Gasteiger partial charge in [-0.3, -0.25) is 4.79 Å². The summed E-state index contributed by atoms with van der Waals surface area (Å²) in [5, 5.41) is 14.2. The van der Waals surface area contributed by atoms with Crippen molar-refractivity contribution in [1.29, 1.82) is 0 Å². The molecule has 0 aliphatic carbocycles. The number of unbranched alkanes of at least 4 members (excludes halogenated alkanes) is 4. The Balaban J connectivity index is 1.61. The van der Waals surface area contributed by atoms with Gasteiger partial charge in [0.15, 0.2) is 11.5 Å². The maximum absolute atomic E-state index is 12.5. The molecule has 1 saturated heterocycles. The lowest BCUT2D eigenvalue weighted by Crippen LogP contribution is -2.46. The van der Waals surface area contributed by atoms with Gasteiger partial charge in [-0.05, 0) is 50.0 Å². The normalized spacial score (nSPS) is 18.4. The average molecular weight is 405 g/mol. The van der Waals surface area contributed by atoms with Crippen LogP contribution in [0.15, 0.2) is 18.2 Å². The molecule has 2 aliphatic heterocycles. The Labute approximate surface area is 174 Å². The van der Waals surface area contributed by atoms with E-state index in [1.807, 2.05) is 18.2 Å². The van der Waals surface area contributed by atoms with Gasteiger partial charge in [0.1, 0.15) is 19.3 Å². The number of carbonyl (C=O) groups is 1. The lowest BCUT2D eigenvalue weighted by molar-refractivity contribution is -0.123. The number of nitrogens with one attached hydrogen (secondary N) is 1. The van der Waals surface area contributed by atoms with Crippen LogP contribution in [0.2, 0.25) is 0 Å². The molecule has 2 aliphatic rings. The molecule has 162 valence electrons. The fourth-order valence-corrected chi connectivity index (χ4v) is 4.11. The van der Waals surface area contributed by atoms with Crippen LogP contribution in [-0.4, -0.2) is 54.8 Å². The molecule has 2 heterocycles. The number of aliphatic hydroxyl groups is 1. The first kappa shape index (κ1) is 21.9. The van der Waals surface area contributed by atoms with Gasteiger partial charge in [0.05, 0.1) is 6.04 Å². The molecule has 29 heavy (non-hydrogen) atoms. The van der Waals surface area contributed by atoms with Crippen LogP contribution in [0.25, 0.3) is 0 Å². The number of carbonyl (C=O) groups excluding carboxylic acids is 1. The number of nitrogens with zero attached hydrogens (tertiary/aromatic N) is 1. The minimum Gasteiger partial charge on any atom is -0.486 e. The predicted molar refractivity (Wildman–Crippen MR) is 113 cm³/mol. The average Bonchev–Trinajstić information content (AvgIpc) is 3.25. The first-order chi connectivity index (χ1) is 14.2. The predicted octanol–water partition coefficient (Wildman–Crippen LogP) is 3.43. The van der Waals surface area contributed by atoms with Crippen LogP contribution < -0.4 is 14.8 Å². The quantitative estimate of drug-likeness (QED) is 0.553. The minimum absolute atomic E-state index is 0.0299. The second-order valence-corrected chi connectivity index (χ2v) is 8.19. The fourth-order valence-electron chi connectivity index (χ4n) is 4.11. The molecule has 2 N–H and O–H groups in total. The summed E-state index contributed by atoms with van der Waals surface area (Å²) < 4.78 is 11.2. The van der Waals surface area contributed by atoms with Gasteiger partial charge < -0.3 is 24.8 Å². The van der Waals surface area contributed by atoms with E-state index >= 15 is 0 Å². The van der Waals surface area contributed by atoms with Crippen LogP contribution >= 0.6 is 0 Å². The number of rotatable bonds is 11. The van der Waals surface area contributed by atoms with Crippen LogP contribution in [-0.2, 0) is 4.79 Å². The molecule has 0 unspecified atom stereocenters. The van der Waals surface area contributed by atoms with E-state index in [1.54, 1.807) is 0 Å². The molecule has 0 bridgehead atoms. The number of amides is 1. The smallest absolute Gasteiger partial charge is 0.220 e. The van der Waals surface area contributed by atoms with Gasteiger partial charge in [0, 0.05) is 13.0 Å². The van der Waals surface area contributed by atoms with Crippen molar-refractivity contribution in [3.8, 4) is 11.5 Å². The zero-order valence-electron chi connectivity index (χ0n) is 17.7. The van der Waals surface area contributed by atoms with Crippen molar-refractivity contribution in [1.82, 2.24) is 10.2 Å². The van der Waals surface area contributed by atoms with Crippen LogP contribution in [0.4, 0.5) is 0 Å². The number of hydrogen-bond acceptors (Lipinski definition) is 5. The lowest BCUT2D eigenvalue weighted by Gasteiger charge is -2.29. The van der Waals surface area contributed by atoms with Crippen molar-refractivity contribution in [3.63, 3.8) is 0 Å². The maximum atomic E-state index is 12.5. The van der Waals surface area contributed by atoms with Gasteiger partial charge in [-0.1, -0.05) is 38.7 Å². The molecule has 1 aromatic rings. The molecule has 0 spiro atoms. The van der Waals surface area contributed by atoms with Crippen molar-refractivity contribution in [2.24, 2.45) is 0 Å². The summed E-state index contributed by atoms with van der Waals surface area (Å²) in [6, 6.07) is 5.22. The van der Waals surface area contributed by atoms with E-state index in [0.717, 1.165) is 31.5 Å². The molecule has 0 aromatic heterocycles. The highest BCUT2D eigenvalue weighted by Crippen LogP contribution is 2.33. The van der Waals surface area contributed by atoms with Gasteiger partial charge in [0.25, 0.3) is 0 Å². The van der Waals surface area contributed by atoms with E-state index in [4.69, 9.17) is 9.47 Å². The third-order valence-corrected chi connectivity index (χ3v) is 5.80. The number of ether oxygens (including phenoxy) is 2. The summed E-state index contributed by atoms with van der Waals surface area (Å²) in [7, 11) is 0. The summed E-state index contributed by atoms with van der Waals surface area (Å²) >= 11 is 0. The van der Waals surface area contributed by atoms with Gasteiger partial charge >= 0.3 is 0 Å². The zero-order chi connectivity index (χ0) is 20.5. The number of hydrogen-bond donors (Lipinski definition) is 2. The van der Waals surface area contributed by atoms with E-state index < -0.39 is 6.10 Å². The van der Waals surface area contributed by atoms with Crippen molar-refractivity contribution in [2.75, 3.05) is 32.8 Å². The molecule has 3 rings (SSSR count). The van der Waals surface area contributed by atoms with Crippen LogP contribution in [0, 0.1) is 0 Å². The first-order valence-electron chi connectivity index (χ1n) is 11.3. The standard InChI is InChI=1S/C23H36N2O4/c1-2-3-4-5-6-9-22(26)24-19(17-25-12-7-8-13-25)23(27)18-10-11-20-21(16-18)29-15-14-28-20/h10-11,16,19,23,27H,2-9,12-15,17H2,1H3,(H,24,26)/t19-,23-/m1/s1. The van der Waals surface area contributed by atoms with Crippen LogP contribution in [0.3, 0.4) is 0 Å². The molecule has 0 radical (unpaired) electrons. The van der Waals surface area contributed by atoms with E-state index in [1.165, 1.54) is 32.1 Å². The monoisotopic (exact) mass is 404 g/mol. The van der Waals surface area contributed by atoms with E-state index in [2.05, 4.69) is 17.1 Å². The molecule has 1 fully saturated rings. The molecule has 1 aromatic carbocycles. The van der Waals surface area contributed by atoms with Crippen molar-refractivity contribution < 1.29 is 19.4 Å².